The fourth-order valence-corrected chi connectivity index (χ4v) is 3.94. The van der Waals surface area contributed by atoms with Gasteiger partial charge >= 0.3 is 0 Å². The van der Waals surface area contributed by atoms with Crippen LogP contribution >= 0.6 is 0 Å². The summed E-state index contributed by atoms with van der Waals surface area (Å²) in [6.07, 6.45) is 9.22. The molecule has 1 aliphatic carbocycles. The Morgan fingerprint density at radius 2 is 1.83 bits per heavy atom. The predicted molar refractivity (Wildman–Crippen MR) is 122 cm³/mol. The highest BCUT2D eigenvalue weighted by molar-refractivity contribution is 6.04. The number of fused-ring (bicyclic) bond motifs is 1. The van der Waals surface area contributed by atoms with Crippen LogP contribution in [-0.4, -0.2) is 10.9 Å². The number of hydrogen-bond donors (Lipinski definition) is 2. The first kappa shape index (κ1) is 20.9. The molecule has 3 nitrogen and oxygen atoms in total. The molecule has 1 saturated heterocycles. The van der Waals surface area contributed by atoms with Crippen molar-refractivity contribution in [2.75, 3.05) is 0 Å². The third-order valence-corrected chi connectivity index (χ3v) is 5.59. The van der Waals surface area contributed by atoms with Crippen LogP contribution in [0.2, 0.25) is 0 Å². The first-order valence-electron chi connectivity index (χ1n) is 10.8. The van der Waals surface area contributed by atoms with Gasteiger partial charge in [0.15, 0.2) is 0 Å². The molecule has 0 spiro atoms. The summed E-state index contributed by atoms with van der Waals surface area (Å²) in [7, 11) is 0. The fourth-order valence-electron chi connectivity index (χ4n) is 3.94. The van der Waals surface area contributed by atoms with Gasteiger partial charge in [0.25, 0.3) is 5.91 Å². The van der Waals surface area contributed by atoms with E-state index < -0.39 is 0 Å². The van der Waals surface area contributed by atoms with Crippen molar-refractivity contribution in [1.29, 1.82) is 0 Å². The number of H-pyrrole nitrogens is 1. The van der Waals surface area contributed by atoms with Crippen LogP contribution in [0.1, 0.15) is 62.2 Å². The van der Waals surface area contributed by atoms with Crippen molar-refractivity contribution in [3.05, 3.63) is 81.8 Å². The second kappa shape index (κ2) is 9.13. The Hall–Kier alpha value is -2.81. The predicted octanol–water partition coefficient (Wildman–Crippen LogP) is 5.97. The molecule has 3 heteroatoms. The molecule has 1 unspecified atom stereocenters. The molecule has 2 N–H and O–H groups in total. The van der Waals surface area contributed by atoms with E-state index in [0.29, 0.717) is 0 Å². The number of aromatic amines is 1. The molecule has 29 heavy (non-hydrogen) atoms. The number of nitrogens with one attached hydrogen (secondary N) is 2. The van der Waals surface area contributed by atoms with E-state index in [4.69, 9.17) is 0 Å². The summed E-state index contributed by atoms with van der Waals surface area (Å²) in [6, 6.07) is 10.8. The Morgan fingerprint density at radius 3 is 2.48 bits per heavy atom. The SMILES string of the molecule is CC.CCc1cc(CC)c(/C=C2\C(=O)NC3=CC(c4ccc(C)cc4)=CCC32)[nH]1. The van der Waals surface area contributed by atoms with Crippen LogP contribution in [0, 0.1) is 12.8 Å². The zero-order valence-electron chi connectivity index (χ0n) is 18.2. The van der Waals surface area contributed by atoms with Crippen LogP contribution in [0.3, 0.4) is 0 Å². The van der Waals surface area contributed by atoms with Crippen LogP contribution in [-0.2, 0) is 17.6 Å². The van der Waals surface area contributed by atoms with E-state index in [1.54, 1.807) is 0 Å². The standard InChI is InChI=1S/C24H26N2O.C2H6/c1-4-16-12-19(5-2)25-22(16)14-21-20-11-10-18(13-23(20)26-24(21)27)17-8-6-15(3)7-9-17;1-2/h6-10,12-14,20,25H,4-5,11H2,1-3H3,(H,26,27);1-2H3/b21-14-;. The number of aromatic nitrogens is 1. The van der Waals surface area contributed by atoms with Gasteiger partial charge in [-0.1, -0.05) is 63.6 Å². The van der Waals surface area contributed by atoms with Gasteiger partial charge < -0.3 is 10.3 Å². The van der Waals surface area contributed by atoms with Crippen LogP contribution in [0.25, 0.3) is 11.6 Å². The van der Waals surface area contributed by atoms with Gasteiger partial charge in [0.05, 0.1) is 0 Å². The molecule has 1 aromatic heterocycles. The van der Waals surface area contributed by atoms with Crippen molar-refractivity contribution in [2.45, 2.75) is 53.9 Å². The number of hydrogen-bond acceptors (Lipinski definition) is 1. The molecule has 0 saturated carbocycles. The number of benzene rings is 1. The Kier molecular flexibility index (Phi) is 6.58. The summed E-state index contributed by atoms with van der Waals surface area (Å²) in [5.74, 6) is 0.157. The summed E-state index contributed by atoms with van der Waals surface area (Å²) in [5, 5.41) is 3.09. The van der Waals surface area contributed by atoms with E-state index in [1.165, 1.54) is 28.0 Å². The molecule has 1 aromatic carbocycles. The summed E-state index contributed by atoms with van der Waals surface area (Å²) in [5.41, 5.74) is 9.09. The van der Waals surface area contributed by atoms with Crippen LogP contribution < -0.4 is 5.32 Å². The molecule has 1 aliphatic heterocycles. The van der Waals surface area contributed by atoms with E-state index in [9.17, 15) is 4.79 Å². The van der Waals surface area contributed by atoms with Gasteiger partial charge in [-0.3, -0.25) is 4.79 Å². The quantitative estimate of drug-likeness (QED) is 0.622. The molecule has 2 aromatic rings. The smallest absolute Gasteiger partial charge is 0.252 e. The van der Waals surface area contributed by atoms with Crippen molar-refractivity contribution in [1.82, 2.24) is 10.3 Å². The van der Waals surface area contributed by atoms with Gasteiger partial charge in [-0.2, -0.15) is 0 Å². The van der Waals surface area contributed by atoms with Crippen molar-refractivity contribution >= 4 is 17.6 Å². The molecular formula is C26H32N2O. The number of amides is 1. The van der Waals surface area contributed by atoms with Gasteiger partial charge in [-0.05, 0) is 61.1 Å². The molecule has 1 amide bonds. The van der Waals surface area contributed by atoms with Gasteiger partial charge in [-0.15, -0.1) is 0 Å². The van der Waals surface area contributed by atoms with E-state index in [0.717, 1.165) is 36.2 Å². The van der Waals surface area contributed by atoms with E-state index in [1.807, 2.05) is 13.8 Å². The average molecular weight is 389 g/mol. The minimum Gasteiger partial charge on any atom is -0.359 e. The lowest BCUT2D eigenvalue weighted by Crippen LogP contribution is -2.14. The maximum absolute atomic E-state index is 12.7. The summed E-state index contributed by atoms with van der Waals surface area (Å²) in [4.78, 5) is 16.1. The highest BCUT2D eigenvalue weighted by Gasteiger charge is 2.34. The Morgan fingerprint density at radius 1 is 1.10 bits per heavy atom. The van der Waals surface area contributed by atoms with Gasteiger partial charge in [0.1, 0.15) is 0 Å². The fraction of sp³-hybridized carbons (Fsp3) is 0.346. The largest absolute Gasteiger partial charge is 0.359 e. The van der Waals surface area contributed by atoms with Crippen molar-refractivity contribution in [2.24, 2.45) is 5.92 Å². The highest BCUT2D eigenvalue weighted by Crippen LogP contribution is 2.37. The third kappa shape index (κ3) is 4.29. The summed E-state index contributed by atoms with van der Waals surface area (Å²) in [6.45, 7) is 10.4. The Labute approximate surface area is 174 Å². The van der Waals surface area contributed by atoms with E-state index in [-0.39, 0.29) is 11.8 Å². The van der Waals surface area contributed by atoms with Gasteiger partial charge in [0.2, 0.25) is 0 Å². The van der Waals surface area contributed by atoms with Crippen molar-refractivity contribution < 1.29 is 4.79 Å². The lowest BCUT2D eigenvalue weighted by Gasteiger charge is -2.17. The van der Waals surface area contributed by atoms with Gasteiger partial charge in [0, 0.05) is 28.6 Å². The maximum atomic E-state index is 12.7. The van der Waals surface area contributed by atoms with Gasteiger partial charge in [-0.25, -0.2) is 0 Å². The lowest BCUT2D eigenvalue weighted by molar-refractivity contribution is -0.115. The van der Waals surface area contributed by atoms with Crippen LogP contribution in [0.15, 0.2) is 53.8 Å². The second-order valence-electron chi connectivity index (χ2n) is 7.41. The number of aryl methyl sites for hydroxylation is 3. The van der Waals surface area contributed by atoms with E-state index in [2.05, 4.69) is 79.6 Å². The molecule has 2 aliphatic rings. The lowest BCUT2D eigenvalue weighted by atomic mass is 9.87. The Bertz CT molecular complexity index is 971. The molecule has 0 bridgehead atoms. The zero-order chi connectivity index (χ0) is 21.0. The molecule has 4 rings (SSSR count). The summed E-state index contributed by atoms with van der Waals surface area (Å²) >= 11 is 0. The number of carbonyl (C=O) groups excluding carboxylic acids is 1. The minimum atomic E-state index is 0.0273. The molecule has 2 heterocycles. The zero-order valence-corrected chi connectivity index (χ0v) is 18.2. The molecule has 1 fully saturated rings. The van der Waals surface area contributed by atoms with Crippen molar-refractivity contribution in [3.63, 3.8) is 0 Å². The first-order chi connectivity index (χ1) is 14.1. The third-order valence-electron chi connectivity index (χ3n) is 5.59. The summed E-state index contributed by atoms with van der Waals surface area (Å²) < 4.78 is 0. The number of allylic oxidation sites excluding steroid dienone is 4. The normalized spacial score (nSPS) is 19.1. The topological polar surface area (TPSA) is 44.9 Å². The second-order valence-corrected chi connectivity index (χ2v) is 7.41. The highest BCUT2D eigenvalue weighted by atomic mass is 16.2. The number of rotatable bonds is 4. The molecular weight excluding hydrogens is 356 g/mol. The molecule has 152 valence electrons. The first-order valence-corrected chi connectivity index (χ1v) is 10.8. The van der Waals surface area contributed by atoms with Crippen LogP contribution in [0.4, 0.5) is 0 Å². The van der Waals surface area contributed by atoms with Crippen LogP contribution in [0.5, 0.6) is 0 Å². The monoisotopic (exact) mass is 388 g/mol. The minimum absolute atomic E-state index is 0.0273. The van der Waals surface area contributed by atoms with Crippen molar-refractivity contribution in [3.8, 4) is 0 Å². The molecule has 1 atom stereocenters. The molecule has 0 radical (unpaired) electrons. The number of carbonyl (C=O) groups is 1. The maximum Gasteiger partial charge on any atom is 0.252 e. The van der Waals surface area contributed by atoms with E-state index >= 15 is 0 Å². The average Bonchev–Trinajstić information content (AvgIpc) is 3.30. The Balaban J connectivity index is 0.00000117.